The first-order valence-electron chi connectivity index (χ1n) is 3.72. The Morgan fingerprint density at radius 2 is 1.86 bits per heavy atom. The van der Waals surface area contributed by atoms with Crippen LogP contribution in [0.3, 0.4) is 0 Å². The second kappa shape index (κ2) is 8.48. The average Bonchev–Trinajstić information content (AvgIpc) is 2.22. The topological polar surface area (TPSA) is 86.8 Å². The van der Waals surface area contributed by atoms with Crippen molar-refractivity contribution in [2.24, 2.45) is 15.9 Å². The minimum atomic E-state index is 0.270. The van der Waals surface area contributed by atoms with Crippen molar-refractivity contribution < 1.29 is 0 Å². The molecule has 0 amide bonds. The van der Waals surface area contributed by atoms with E-state index < -0.39 is 0 Å². The summed E-state index contributed by atoms with van der Waals surface area (Å²) in [7, 11) is 1.69. The standard InChI is InChI=1S/C6H12N6S2/c1-8-6(14)12-10-3-2-9-11-5(13)4-7/h2-3H,4,7H2,1H3,(H,11,13)(H2,8,12,14)/b9-2+,10-3+. The van der Waals surface area contributed by atoms with Gasteiger partial charge < -0.3 is 11.1 Å². The van der Waals surface area contributed by atoms with Crippen LogP contribution in [-0.2, 0) is 0 Å². The van der Waals surface area contributed by atoms with Gasteiger partial charge >= 0.3 is 0 Å². The molecule has 0 fully saturated rings. The molecule has 0 aromatic heterocycles. The minimum absolute atomic E-state index is 0.270. The van der Waals surface area contributed by atoms with Gasteiger partial charge in [0.05, 0.1) is 12.4 Å². The summed E-state index contributed by atoms with van der Waals surface area (Å²) in [4.78, 5) is 0.466. The molecule has 0 heterocycles. The Kier molecular flexibility index (Phi) is 7.80. The van der Waals surface area contributed by atoms with Gasteiger partial charge in [0, 0.05) is 13.6 Å². The third kappa shape index (κ3) is 7.53. The van der Waals surface area contributed by atoms with Crippen molar-refractivity contribution in [3.8, 4) is 0 Å². The van der Waals surface area contributed by atoms with Crippen LogP contribution in [0.15, 0.2) is 10.2 Å². The van der Waals surface area contributed by atoms with Crippen LogP contribution in [0.25, 0.3) is 0 Å². The SMILES string of the molecule is CNC(=S)N/N=C/C=N/NC(=S)CN. The van der Waals surface area contributed by atoms with E-state index in [4.69, 9.17) is 30.2 Å². The first-order chi connectivity index (χ1) is 6.70. The maximum absolute atomic E-state index is 5.22. The first-order valence-corrected chi connectivity index (χ1v) is 4.53. The lowest BCUT2D eigenvalue weighted by Gasteiger charge is -1.98. The molecule has 78 valence electrons. The lowest BCUT2D eigenvalue weighted by atomic mass is 10.7. The van der Waals surface area contributed by atoms with Crippen molar-refractivity contribution in [1.29, 1.82) is 0 Å². The molecular formula is C6H12N6S2. The third-order valence-corrected chi connectivity index (χ3v) is 1.54. The summed E-state index contributed by atoms with van der Waals surface area (Å²) in [5, 5.41) is 10.6. The fraction of sp³-hybridized carbons (Fsp3) is 0.333. The molecule has 0 spiro atoms. The van der Waals surface area contributed by atoms with Crippen LogP contribution in [0.2, 0.25) is 0 Å². The minimum Gasteiger partial charge on any atom is -0.364 e. The van der Waals surface area contributed by atoms with E-state index in [0.717, 1.165) is 0 Å². The molecule has 14 heavy (non-hydrogen) atoms. The summed E-state index contributed by atoms with van der Waals surface area (Å²) in [6.07, 6.45) is 2.85. The van der Waals surface area contributed by atoms with Gasteiger partial charge in [0.15, 0.2) is 5.11 Å². The van der Waals surface area contributed by atoms with E-state index >= 15 is 0 Å². The molecule has 0 bridgehead atoms. The summed E-state index contributed by atoms with van der Waals surface area (Å²) in [5.41, 5.74) is 10.3. The predicted molar refractivity (Wildman–Crippen MR) is 66.6 cm³/mol. The van der Waals surface area contributed by atoms with Gasteiger partial charge in [-0.1, -0.05) is 12.2 Å². The van der Waals surface area contributed by atoms with Crippen molar-refractivity contribution >= 4 is 47.0 Å². The zero-order valence-electron chi connectivity index (χ0n) is 7.65. The van der Waals surface area contributed by atoms with Gasteiger partial charge in [0.25, 0.3) is 0 Å². The maximum Gasteiger partial charge on any atom is 0.186 e. The van der Waals surface area contributed by atoms with Crippen LogP contribution in [0, 0.1) is 0 Å². The molecule has 0 aliphatic carbocycles. The Balaban J connectivity index is 3.60. The van der Waals surface area contributed by atoms with E-state index in [1.165, 1.54) is 12.4 Å². The number of thiocarbonyl (C=S) groups is 2. The molecule has 0 saturated heterocycles. The maximum atomic E-state index is 5.22. The van der Waals surface area contributed by atoms with E-state index in [0.29, 0.717) is 10.1 Å². The molecular weight excluding hydrogens is 220 g/mol. The van der Waals surface area contributed by atoms with Crippen molar-refractivity contribution in [3.05, 3.63) is 0 Å². The summed E-state index contributed by atoms with van der Waals surface area (Å²) in [5.74, 6) is 0. The monoisotopic (exact) mass is 232 g/mol. The highest BCUT2D eigenvalue weighted by molar-refractivity contribution is 7.80. The molecule has 0 aromatic carbocycles. The highest BCUT2D eigenvalue weighted by Crippen LogP contribution is 1.66. The number of rotatable bonds is 4. The fourth-order valence-electron chi connectivity index (χ4n) is 0.373. The largest absolute Gasteiger partial charge is 0.364 e. The van der Waals surface area contributed by atoms with Gasteiger partial charge in [-0.25, -0.2) is 0 Å². The highest BCUT2D eigenvalue weighted by atomic mass is 32.1. The summed E-state index contributed by atoms with van der Waals surface area (Å²) in [6, 6.07) is 0. The third-order valence-electron chi connectivity index (χ3n) is 0.984. The van der Waals surface area contributed by atoms with Crippen LogP contribution >= 0.6 is 24.4 Å². The normalized spacial score (nSPS) is 10.4. The number of hydrogen-bond acceptors (Lipinski definition) is 5. The molecule has 5 N–H and O–H groups in total. The lowest BCUT2D eigenvalue weighted by molar-refractivity contribution is 0.983. The number of hydrogen-bond donors (Lipinski definition) is 4. The highest BCUT2D eigenvalue weighted by Gasteiger charge is 1.84. The van der Waals surface area contributed by atoms with Gasteiger partial charge in [0.1, 0.15) is 4.99 Å². The number of nitrogens with two attached hydrogens (primary N) is 1. The Hall–Kier alpha value is -1.12. The number of nitrogens with one attached hydrogen (secondary N) is 3. The molecule has 0 unspecified atom stereocenters. The lowest BCUT2D eigenvalue weighted by Crippen LogP contribution is -2.28. The second-order valence-electron chi connectivity index (χ2n) is 1.99. The van der Waals surface area contributed by atoms with E-state index in [1.54, 1.807) is 7.05 Å². The van der Waals surface area contributed by atoms with Crippen molar-refractivity contribution in [2.45, 2.75) is 0 Å². The molecule has 0 radical (unpaired) electrons. The van der Waals surface area contributed by atoms with Crippen molar-refractivity contribution in [3.63, 3.8) is 0 Å². The Labute approximate surface area is 93.0 Å². The zero-order chi connectivity index (χ0) is 10.8. The summed E-state index contributed by atoms with van der Waals surface area (Å²) < 4.78 is 0. The Morgan fingerprint density at radius 3 is 2.36 bits per heavy atom. The van der Waals surface area contributed by atoms with Gasteiger partial charge in [-0.2, -0.15) is 10.2 Å². The molecule has 0 aliphatic rings. The van der Waals surface area contributed by atoms with Gasteiger partial charge in [0.2, 0.25) is 0 Å². The van der Waals surface area contributed by atoms with Crippen LogP contribution < -0.4 is 21.9 Å². The van der Waals surface area contributed by atoms with Gasteiger partial charge in [-0.3, -0.25) is 10.9 Å². The fourth-order valence-corrected chi connectivity index (χ4v) is 0.479. The number of hydrazone groups is 2. The van der Waals surface area contributed by atoms with Crippen LogP contribution in [-0.4, -0.2) is 36.1 Å². The molecule has 0 saturated carbocycles. The molecule has 8 heteroatoms. The average molecular weight is 232 g/mol. The van der Waals surface area contributed by atoms with Crippen LogP contribution in [0.1, 0.15) is 0 Å². The van der Waals surface area contributed by atoms with E-state index in [9.17, 15) is 0 Å². The van der Waals surface area contributed by atoms with Crippen molar-refractivity contribution in [1.82, 2.24) is 16.2 Å². The first kappa shape index (κ1) is 12.9. The molecule has 6 nitrogen and oxygen atoms in total. The second-order valence-corrected chi connectivity index (χ2v) is 2.89. The van der Waals surface area contributed by atoms with Crippen LogP contribution in [0.4, 0.5) is 0 Å². The smallest absolute Gasteiger partial charge is 0.186 e. The Morgan fingerprint density at radius 1 is 1.29 bits per heavy atom. The van der Waals surface area contributed by atoms with E-state index in [2.05, 4.69) is 26.4 Å². The zero-order valence-corrected chi connectivity index (χ0v) is 9.28. The molecule has 0 rings (SSSR count). The molecule has 0 aromatic rings. The van der Waals surface area contributed by atoms with Crippen LogP contribution in [0.5, 0.6) is 0 Å². The van der Waals surface area contributed by atoms with Crippen molar-refractivity contribution in [2.75, 3.05) is 13.6 Å². The number of nitrogens with zero attached hydrogens (tertiary/aromatic N) is 2. The summed E-state index contributed by atoms with van der Waals surface area (Å²) in [6.45, 7) is 0.270. The Bertz CT molecular complexity index is 223. The predicted octanol–water partition coefficient (Wildman–Crippen LogP) is -1.07. The van der Waals surface area contributed by atoms with Gasteiger partial charge in [-0.05, 0) is 12.2 Å². The molecule has 0 atom stereocenters. The summed E-state index contributed by atoms with van der Waals surface area (Å²) >= 11 is 9.51. The van der Waals surface area contributed by atoms with Gasteiger partial charge in [-0.15, -0.1) is 0 Å². The van der Waals surface area contributed by atoms with E-state index in [-0.39, 0.29) is 6.54 Å². The molecule has 0 aliphatic heterocycles. The quantitative estimate of drug-likeness (QED) is 0.280. The van der Waals surface area contributed by atoms with E-state index in [1.807, 2.05) is 0 Å².